The quantitative estimate of drug-likeness (QED) is 0.833. The fourth-order valence-corrected chi connectivity index (χ4v) is 3.33. The number of likely N-dealkylation sites (N-methyl/N-ethyl adjacent to an activating group) is 1. The average Bonchev–Trinajstić information content (AvgIpc) is 2.63. The molecule has 1 fully saturated rings. The molecule has 1 amide bonds. The highest BCUT2D eigenvalue weighted by Gasteiger charge is 2.55. The lowest BCUT2D eigenvalue weighted by molar-refractivity contribution is -0.151. The molecule has 1 aliphatic carbocycles. The van der Waals surface area contributed by atoms with Gasteiger partial charge in [0.1, 0.15) is 5.78 Å². The van der Waals surface area contributed by atoms with Gasteiger partial charge in [-0.3, -0.25) is 9.59 Å². The summed E-state index contributed by atoms with van der Waals surface area (Å²) in [6, 6.07) is 7.18. The zero-order valence-corrected chi connectivity index (χ0v) is 10.9. The van der Waals surface area contributed by atoms with Crippen LogP contribution in [0.15, 0.2) is 24.3 Å². The van der Waals surface area contributed by atoms with Crippen molar-refractivity contribution in [3.8, 4) is 0 Å². The highest BCUT2D eigenvalue weighted by molar-refractivity contribution is 6.09. The molecule has 1 saturated carbocycles. The molecule has 1 N–H and O–H groups in total. The number of aliphatic hydroxyl groups is 1. The molecule has 2 aliphatic rings. The number of carbonyl (C=O) groups excluding carboxylic acids is 2. The van der Waals surface area contributed by atoms with E-state index in [1.165, 1.54) is 4.90 Å². The van der Waals surface area contributed by atoms with Crippen molar-refractivity contribution in [2.75, 3.05) is 11.9 Å². The van der Waals surface area contributed by atoms with Crippen molar-refractivity contribution < 1.29 is 14.7 Å². The highest BCUT2D eigenvalue weighted by atomic mass is 16.3. The van der Waals surface area contributed by atoms with Crippen molar-refractivity contribution >= 4 is 17.4 Å². The van der Waals surface area contributed by atoms with Gasteiger partial charge in [-0.2, -0.15) is 0 Å². The van der Waals surface area contributed by atoms with Crippen LogP contribution in [0.4, 0.5) is 5.69 Å². The van der Waals surface area contributed by atoms with Crippen LogP contribution in [-0.4, -0.2) is 23.8 Å². The number of benzene rings is 1. The molecule has 100 valence electrons. The lowest BCUT2D eigenvalue weighted by atomic mass is 9.73. The van der Waals surface area contributed by atoms with Crippen LogP contribution in [0.3, 0.4) is 0 Å². The molecule has 0 spiro atoms. The monoisotopic (exact) mass is 259 g/mol. The number of carbonyl (C=O) groups is 2. The van der Waals surface area contributed by atoms with E-state index >= 15 is 0 Å². The van der Waals surface area contributed by atoms with E-state index in [0.29, 0.717) is 24.1 Å². The summed E-state index contributed by atoms with van der Waals surface area (Å²) in [4.78, 5) is 26.0. The van der Waals surface area contributed by atoms with E-state index in [1.54, 1.807) is 25.2 Å². The molecule has 1 aromatic rings. The predicted octanol–water partition coefficient (Wildman–Crippen LogP) is 1.61. The summed E-state index contributed by atoms with van der Waals surface area (Å²) in [5.41, 5.74) is -0.390. The Labute approximate surface area is 112 Å². The first kappa shape index (κ1) is 12.4. The summed E-state index contributed by atoms with van der Waals surface area (Å²) in [5.74, 6) is -0.971. The number of rotatable bonds is 1. The van der Waals surface area contributed by atoms with Crippen molar-refractivity contribution in [2.24, 2.45) is 5.92 Å². The number of hydrogen-bond donors (Lipinski definition) is 1. The lowest BCUT2D eigenvalue weighted by Gasteiger charge is -2.33. The van der Waals surface area contributed by atoms with Crippen molar-refractivity contribution in [3.63, 3.8) is 0 Å². The Morgan fingerprint density at radius 3 is 2.74 bits per heavy atom. The van der Waals surface area contributed by atoms with Crippen LogP contribution in [0.25, 0.3) is 0 Å². The number of fused-ring (bicyclic) bond motifs is 1. The summed E-state index contributed by atoms with van der Waals surface area (Å²) >= 11 is 0. The zero-order chi connectivity index (χ0) is 13.6. The normalized spacial score (nSPS) is 30.6. The van der Waals surface area contributed by atoms with E-state index < -0.39 is 11.5 Å². The van der Waals surface area contributed by atoms with Gasteiger partial charge >= 0.3 is 0 Å². The maximum atomic E-state index is 12.5. The summed E-state index contributed by atoms with van der Waals surface area (Å²) in [6.45, 7) is 0. The Balaban J connectivity index is 2.12. The molecule has 1 aliphatic heterocycles. The van der Waals surface area contributed by atoms with E-state index in [-0.39, 0.29) is 11.7 Å². The second-order valence-electron chi connectivity index (χ2n) is 5.41. The van der Waals surface area contributed by atoms with Crippen molar-refractivity contribution in [1.82, 2.24) is 0 Å². The smallest absolute Gasteiger partial charge is 0.264 e. The Morgan fingerprint density at radius 2 is 2.00 bits per heavy atom. The third-order valence-electron chi connectivity index (χ3n) is 4.37. The first-order chi connectivity index (χ1) is 9.06. The molecule has 0 radical (unpaired) electrons. The molecule has 2 atom stereocenters. The fourth-order valence-electron chi connectivity index (χ4n) is 3.33. The van der Waals surface area contributed by atoms with Gasteiger partial charge < -0.3 is 10.0 Å². The Kier molecular flexibility index (Phi) is 2.71. The number of amides is 1. The predicted molar refractivity (Wildman–Crippen MR) is 70.7 cm³/mol. The molecule has 0 aromatic heterocycles. The van der Waals surface area contributed by atoms with Gasteiger partial charge in [0.2, 0.25) is 0 Å². The minimum Gasteiger partial charge on any atom is -0.375 e. The molecular formula is C15H17NO3. The molecule has 1 heterocycles. The third-order valence-corrected chi connectivity index (χ3v) is 4.37. The van der Waals surface area contributed by atoms with Gasteiger partial charge in [-0.1, -0.05) is 24.6 Å². The fraction of sp³-hybridized carbons (Fsp3) is 0.467. The standard InChI is InChI=1S/C15H17NO3/c1-16-12-8-4-2-6-10(12)15(19,14(16)18)11-7-3-5-9-13(11)17/h2,4,6,8,11,19H,3,5,7,9H2,1H3/t11-,15+/m0/s1. The molecule has 0 bridgehead atoms. The van der Waals surface area contributed by atoms with E-state index in [2.05, 4.69) is 0 Å². The van der Waals surface area contributed by atoms with Crippen LogP contribution >= 0.6 is 0 Å². The van der Waals surface area contributed by atoms with Gasteiger partial charge in [-0.15, -0.1) is 0 Å². The van der Waals surface area contributed by atoms with Gasteiger partial charge in [0.15, 0.2) is 5.60 Å². The van der Waals surface area contributed by atoms with Gasteiger partial charge in [0.25, 0.3) is 5.91 Å². The van der Waals surface area contributed by atoms with Crippen LogP contribution in [0.2, 0.25) is 0 Å². The number of para-hydroxylation sites is 1. The summed E-state index contributed by atoms with van der Waals surface area (Å²) < 4.78 is 0. The molecule has 4 nitrogen and oxygen atoms in total. The van der Waals surface area contributed by atoms with E-state index in [1.807, 2.05) is 6.07 Å². The molecular weight excluding hydrogens is 242 g/mol. The number of Topliss-reactive ketones (excluding diaryl/α,β-unsaturated/α-hetero) is 1. The first-order valence-electron chi connectivity index (χ1n) is 6.69. The first-order valence-corrected chi connectivity index (χ1v) is 6.69. The third kappa shape index (κ3) is 1.56. The molecule has 1 aromatic carbocycles. The van der Waals surface area contributed by atoms with Crippen LogP contribution in [0.5, 0.6) is 0 Å². The highest BCUT2D eigenvalue weighted by Crippen LogP contribution is 2.47. The minimum atomic E-state index is -1.66. The van der Waals surface area contributed by atoms with E-state index in [4.69, 9.17) is 0 Å². The van der Waals surface area contributed by atoms with Crippen molar-refractivity contribution in [2.45, 2.75) is 31.3 Å². The Bertz CT molecular complexity index is 554. The minimum absolute atomic E-state index is 0.00667. The van der Waals surface area contributed by atoms with E-state index in [0.717, 1.165) is 12.8 Å². The maximum absolute atomic E-state index is 12.5. The topological polar surface area (TPSA) is 57.6 Å². The van der Waals surface area contributed by atoms with Gasteiger partial charge in [0, 0.05) is 19.0 Å². The SMILES string of the molecule is CN1C(=O)[C@](O)([C@H]2CCCCC2=O)c2ccccc21. The molecule has 4 heteroatoms. The lowest BCUT2D eigenvalue weighted by Crippen LogP contribution is -2.48. The average molecular weight is 259 g/mol. The summed E-state index contributed by atoms with van der Waals surface area (Å²) in [5, 5.41) is 11.0. The molecule has 3 rings (SSSR count). The van der Waals surface area contributed by atoms with Gasteiger partial charge in [-0.05, 0) is 18.9 Å². The Hall–Kier alpha value is -1.68. The number of hydrogen-bond acceptors (Lipinski definition) is 3. The largest absolute Gasteiger partial charge is 0.375 e. The van der Waals surface area contributed by atoms with Gasteiger partial charge in [0.05, 0.1) is 11.6 Å². The summed E-state index contributed by atoms with van der Waals surface area (Å²) in [6.07, 6.45) is 2.80. The van der Waals surface area contributed by atoms with E-state index in [9.17, 15) is 14.7 Å². The number of ketones is 1. The van der Waals surface area contributed by atoms with Crippen LogP contribution in [-0.2, 0) is 15.2 Å². The molecule has 19 heavy (non-hydrogen) atoms. The molecule has 0 saturated heterocycles. The van der Waals surface area contributed by atoms with Crippen molar-refractivity contribution in [1.29, 1.82) is 0 Å². The van der Waals surface area contributed by atoms with Gasteiger partial charge in [-0.25, -0.2) is 0 Å². The maximum Gasteiger partial charge on any atom is 0.264 e. The van der Waals surface area contributed by atoms with Crippen molar-refractivity contribution in [3.05, 3.63) is 29.8 Å². The van der Waals surface area contributed by atoms with Crippen LogP contribution in [0.1, 0.15) is 31.2 Å². The number of nitrogens with zero attached hydrogens (tertiary/aromatic N) is 1. The molecule has 0 unspecified atom stereocenters. The zero-order valence-electron chi connectivity index (χ0n) is 10.9. The van der Waals surface area contributed by atoms with Crippen LogP contribution in [0, 0.1) is 5.92 Å². The second kappa shape index (κ2) is 4.17. The van der Waals surface area contributed by atoms with Crippen LogP contribution < -0.4 is 4.90 Å². The second-order valence-corrected chi connectivity index (χ2v) is 5.41. The number of anilines is 1. The Morgan fingerprint density at radius 1 is 1.26 bits per heavy atom. The summed E-state index contributed by atoms with van der Waals surface area (Å²) in [7, 11) is 1.65.